The molecule has 0 spiro atoms. The minimum atomic E-state index is -0.783. The summed E-state index contributed by atoms with van der Waals surface area (Å²) in [5.74, 6) is -2.36. The number of benzene rings is 2. The number of amides is 3. The Hall–Kier alpha value is -4.14. The third kappa shape index (κ3) is 5.93. The summed E-state index contributed by atoms with van der Waals surface area (Å²) in [7, 11) is 0. The molecule has 0 bridgehead atoms. The van der Waals surface area contributed by atoms with Crippen LogP contribution in [0.1, 0.15) is 10.6 Å². The van der Waals surface area contributed by atoms with Gasteiger partial charge in [-0.05, 0) is 35.0 Å². The second kappa shape index (κ2) is 9.87. The van der Waals surface area contributed by atoms with E-state index in [0.717, 1.165) is 10.8 Å². The van der Waals surface area contributed by atoms with Crippen LogP contribution in [0.25, 0.3) is 10.8 Å². The fourth-order valence-corrected chi connectivity index (χ4v) is 2.55. The Morgan fingerprint density at radius 2 is 1.63 bits per heavy atom. The van der Waals surface area contributed by atoms with Gasteiger partial charge in [0.1, 0.15) is 6.54 Å². The number of carbonyl (C=O) groups is 4. The summed E-state index contributed by atoms with van der Waals surface area (Å²) in [6, 6.07) is 16.1. The van der Waals surface area contributed by atoms with Gasteiger partial charge in [0.05, 0.1) is 12.8 Å². The van der Waals surface area contributed by atoms with Crippen LogP contribution < -0.4 is 16.0 Å². The zero-order chi connectivity index (χ0) is 21.3. The Kier molecular flexibility index (Phi) is 6.78. The highest BCUT2D eigenvalue weighted by Gasteiger charge is 2.12. The first-order valence-electron chi connectivity index (χ1n) is 9.04. The highest BCUT2D eigenvalue weighted by atomic mass is 16.5. The van der Waals surface area contributed by atoms with Crippen molar-refractivity contribution in [2.45, 2.75) is 0 Å². The van der Waals surface area contributed by atoms with Crippen LogP contribution in [0.3, 0.4) is 0 Å². The third-order valence-electron chi connectivity index (χ3n) is 3.98. The van der Waals surface area contributed by atoms with Gasteiger partial charge in [0.2, 0.25) is 5.91 Å². The van der Waals surface area contributed by atoms with Crippen molar-refractivity contribution < 1.29 is 28.3 Å². The lowest BCUT2D eigenvalue weighted by molar-refractivity contribution is -0.147. The van der Waals surface area contributed by atoms with E-state index < -0.39 is 36.8 Å². The number of esters is 1. The molecule has 3 rings (SSSR count). The number of anilines is 1. The first-order valence-corrected chi connectivity index (χ1v) is 9.04. The van der Waals surface area contributed by atoms with Crippen LogP contribution in [0.15, 0.2) is 65.3 Å². The van der Waals surface area contributed by atoms with E-state index in [9.17, 15) is 19.2 Å². The maximum Gasteiger partial charge on any atom is 0.325 e. The van der Waals surface area contributed by atoms with Crippen LogP contribution in [0.4, 0.5) is 5.69 Å². The molecule has 0 aliphatic carbocycles. The Morgan fingerprint density at radius 3 is 2.40 bits per heavy atom. The van der Waals surface area contributed by atoms with Gasteiger partial charge in [-0.3, -0.25) is 19.2 Å². The zero-order valence-corrected chi connectivity index (χ0v) is 15.8. The number of hydrogen-bond acceptors (Lipinski definition) is 6. The summed E-state index contributed by atoms with van der Waals surface area (Å²) in [6.07, 6.45) is 1.33. The molecule has 9 heteroatoms. The number of hydrogen-bond donors (Lipinski definition) is 3. The average molecular weight is 409 g/mol. The molecule has 9 nitrogen and oxygen atoms in total. The minimum absolute atomic E-state index is 0.0691. The van der Waals surface area contributed by atoms with Gasteiger partial charge in [0, 0.05) is 5.69 Å². The van der Waals surface area contributed by atoms with Crippen molar-refractivity contribution in [2.75, 3.05) is 25.0 Å². The molecule has 0 aliphatic rings. The molecule has 3 aromatic rings. The number of ether oxygens (including phenoxy) is 1. The van der Waals surface area contributed by atoms with E-state index in [0.29, 0.717) is 5.69 Å². The van der Waals surface area contributed by atoms with E-state index in [1.807, 2.05) is 36.4 Å². The second-order valence-electron chi connectivity index (χ2n) is 6.21. The van der Waals surface area contributed by atoms with Gasteiger partial charge in [-0.25, -0.2) is 0 Å². The number of rotatable bonds is 8. The first kappa shape index (κ1) is 20.6. The van der Waals surface area contributed by atoms with Gasteiger partial charge in [-0.15, -0.1) is 0 Å². The maximum atomic E-state index is 11.9. The highest BCUT2D eigenvalue weighted by molar-refractivity contribution is 5.96. The van der Waals surface area contributed by atoms with Crippen molar-refractivity contribution in [2.24, 2.45) is 0 Å². The van der Waals surface area contributed by atoms with Gasteiger partial charge in [-0.2, -0.15) is 0 Å². The molecule has 30 heavy (non-hydrogen) atoms. The summed E-state index contributed by atoms with van der Waals surface area (Å²) >= 11 is 0. The van der Waals surface area contributed by atoms with Crippen molar-refractivity contribution in [1.29, 1.82) is 0 Å². The molecule has 0 unspecified atom stereocenters. The maximum absolute atomic E-state index is 11.9. The van der Waals surface area contributed by atoms with Gasteiger partial charge < -0.3 is 25.1 Å². The second-order valence-corrected chi connectivity index (χ2v) is 6.21. The molecular weight excluding hydrogens is 390 g/mol. The summed E-state index contributed by atoms with van der Waals surface area (Å²) in [5, 5.41) is 9.27. The molecule has 0 fully saturated rings. The van der Waals surface area contributed by atoms with Gasteiger partial charge in [-0.1, -0.05) is 30.3 Å². The first-order chi connectivity index (χ1) is 14.5. The fraction of sp³-hybridized carbons (Fsp3) is 0.143. The molecule has 1 heterocycles. The number of carbonyl (C=O) groups excluding carboxylic acids is 4. The van der Waals surface area contributed by atoms with Crippen LogP contribution >= 0.6 is 0 Å². The summed E-state index contributed by atoms with van der Waals surface area (Å²) in [5.41, 5.74) is 0.579. The standard InChI is InChI=1S/C21H19N3O6/c25-18(11-23-21(28)17-6-3-9-29-17)22-12-20(27)30-13-19(26)24-16-8-7-14-4-1-2-5-15(14)10-16/h1-10H,11-13H2,(H,22,25)(H,23,28)(H,24,26). The van der Waals surface area contributed by atoms with Gasteiger partial charge in [0.25, 0.3) is 11.8 Å². The molecule has 1 aromatic heterocycles. The Labute approximate surface area is 171 Å². The van der Waals surface area contributed by atoms with Crippen LogP contribution in [-0.4, -0.2) is 43.4 Å². The molecular formula is C21H19N3O6. The van der Waals surface area contributed by atoms with Crippen LogP contribution in [-0.2, 0) is 19.1 Å². The Balaban J connectivity index is 1.34. The summed E-state index contributed by atoms with van der Waals surface area (Å²) < 4.78 is 9.72. The molecule has 2 aromatic carbocycles. The lowest BCUT2D eigenvalue weighted by atomic mass is 10.1. The van der Waals surface area contributed by atoms with Crippen LogP contribution in [0.2, 0.25) is 0 Å². The van der Waals surface area contributed by atoms with Crippen LogP contribution in [0.5, 0.6) is 0 Å². The number of fused-ring (bicyclic) bond motifs is 1. The number of furan rings is 1. The van der Waals surface area contributed by atoms with Crippen molar-refractivity contribution in [3.8, 4) is 0 Å². The van der Waals surface area contributed by atoms with E-state index in [1.54, 1.807) is 12.1 Å². The minimum Gasteiger partial charge on any atom is -0.459 e. The normalized spacial score (nSPS) is 10.3. The van der Waals surface area contributed by atoms with Gasteiger partial charge in [0.15, 0.2) is 12.4 Å². The highest BCUT2D eigenvalue weighted by Crippen LogP contribution is 2.18. The monoisotopic (exact) mass is 409 g/mol. The third-order valence-corrected chi connectivity index (χ3v) is 3.98. The zero-order valence-electron chi connectivity index (χ0n) is 15.8. The van der Waals surface area contributed by atoms with Crippen molar-refractivity contribution >= 4 is 40.2 Å². The van der Waals surface area contributed by atoms with E-state index in [4.69, 9.17) is 9.15 Å². The molecule has 3 amide bonds. The van der Waals surface area contributed by atoms with E-state index in [1.165, 1.54) is 12.3 Å². The predicted octanol–water partition coefficient (Wildman–Crippen LogP) is 1.46. The average Bonchev–Trinajstić information content (AvgIpc) is 3.29. The molecule has 0 saturated carbocycles. The van der Waals surface area contributed by atoms with Crippen LogP contribution in [0, 0.1) is 0 Å². The van der Waals surface area contributed by atoms with Crippen molar-refractivity contribution in [1.82, 2.24) is 10.6 Å². The summed E-state index contributed by atoms with van der Waals surface area (Å²) in [4.78, 5) is 46.9. The van der Waals surface area contributed by atoms with Crippen molar-refractivity contribution in [3.05, 3.63) is 66.6 Å². The molecule has 154 valence electrons. The molecule has 3 N–H and O–H groups in total. The smallest absolute Gasteiger partial charge is 0.325 e. The number of nitrogens with one attached hydrogen (secondary N) is 3. The molecule has 0 atom stereocenters. The van der Waals surface area contributed by atoms with Gasteiger partial charge >= 0.3 is 5.97 Å². The SMILES string of the molecule is O=C(CNC(=O)c1ccco1)NCC(=O)OCC(=O)Nc1ccc2ccccc2c1. The van der Waals surface area contributed by atoms with E-state index in [2.05, 4.69) is 16.0 Å². The van der Waals surface area contributed by atoms with E-state index in [-0.39, 0.29) is 12.3 Å². The summed E-state index contributed by atoms with van der Waals surface area (Å²) in [6.45, 7) is -1.26. The molecule has 0 aliphatic heterocycles. The van der Waals surface area contributed by atoms with E-state index >= 15 is 0 Å². The predicted molar refractivity (Wildman–Crippen MR) is 108 cm³/mol. The molecule has 0 saturated heterocycles. The molecule has 0 radical (unpaired) electrons. The lowest BCUT2D eigenvalue weighted by Gasteiger charge is -2.08. The Bertz CT molecular complexity index is 1060. The largest absolute Gasteiger partial charge is 0.459 e. The Morgan fingerprint density at radius 1 is 0.833 bits per heavy atom. The van der Waals surface area contributed by atoms with Crippen molar-refractivity contribution in [3.63, 3.8) is 0 Å². The lowest BCUT2D eigenvalue weighted by Crippen LogP contribution is -2.39. The fourth-order valence-electron chi connectivity index (χ4n) is 2.55. The quantitative estimate of drug-likeness (QED) is 0.484. The topological polar surface area (TPSA) is 127 Å².